The van der Waals surface area contributed by atoms with Crippen molar-refractivity contribution < 1.29 is 9.53 Å². The van der Waals surface area contributed by atoms with E-state index in [1.165, 1.54) is 36.9 Å². The van der Waals surface area contributed by atoms with Crippen LogP contribution in [-0.2, 0) is 6.42 Å². The maximum atomic E-state index is 12.4. The van der Waals surface area contributed by atoms with Crippen LogP contribution in [0.25, 0.3) is 10.2 Å². The molecule has 0 spiro atoms. The summed E-state index contributed by atoms with van der Waals surface area (Å²) in [5.74, 6) is 0.172. The van der Waals surface area contributed by atoms with Gasteiger partial charge in [0.05, 0.1) is 22.9 Å². The molecule has 3 aromatic rings. The SMILES string of the molecule is CCCCc1ccc2nc(NC(=S)NC(=O)c3ccccc3OC)sc2c1. The Bertz CT molecular complexity index is 969. The van der Waals surface area contributed by atoms with E-state index in [-0.39, 0.29) is 11.0 Å². The lowest BCUT2D eigenvalue weighted by molar-refractivity contribution is 0.0975. The molecule has 2 N–H and O–H groups in total. The van der Waals surface area contributed by atoms with E-state index in [9.17, 15) is 4.79 Å². The lowest BCUT2D eigenvalue weighted by Crippen LogP contribution is -2.34. The van der Waals surface area contributed by atoms with Crippen LogP contribution in [0.15, 0.2) is 42.5 Å². The van der Waals surface area contributed by atoms with Gasteiger partial charge in [0.25, 0.3) is 5.91 Å². The number of unbranched alkanes of at least 4 members (excludes halogenated alkanes) is 1. The van der Waals surface area contributed by atoms with E-state index in [1.807, 2.05) is 12.1 Å². The van der Waals surface area contributed by atoms with Crippen LogP contribution in [0.5, 0.6) is 5.75 Å². The highest BCUT2D eigenvalue weighted by atomic mass is 32.1. The summed E-state index contributed by atoms with van der Waals surface area (Å²) in [5, 5.41) is 6.53. The number of nitrogens with one attached hydrogen (secondary N) is 2. The van der Waals surface area contributed by atoms with Gasteiger partial charge in [-0.25, -0.2) is 4.98 Å². The molecule has 0 radical (unpaired) electrons. The smallest absolute Gasteiger partial charge is 0.261 e. The Labute approximate surface area is 167 Å². The predicted molar refractivity (Wildman–Crippen MR) is 115 cm³/mol. The quantitative estimate of drug-likeness (QED) is 0.585. The van der Waals surface area contributed by atoms with Crippen LogP contribution in [-0.4, -0.2) is 23.1 Å². The van der Waals surface area contributed by atoms with Crippen molar-refractivity contribution in [1.29, 1.82) is 0 Å². The van der Waals surface area contributed by atoms with E-state index in [0.717, 1.165) is 16.6 Å². The highest BCUT2D eigenvalue weighted by Gasteiger charge is 2.14. The molecule has 0 saturated carbocycles. The van der Waals surface area contributed by atoms with Gasteiger partial charge in [-0.1, -0.05) is 42.9 Å². The fourth-order valence-corrected chi connectivity index (χ4v) is 3.88. The molecule has 3 rings (SSSR count). The summed E-state index contributed by atoms with van der Waals surface area (Å²) < 4.78 is 6.31. The van der Waals surface area contributed by atoms with Gasteiger partial charge in [0.15, 0.2) is 10.2 Å². The Hall–Kier alpha value is -2.51. The minimum atomic E-state index is -0.326. The second kappa shape index (κ2) is 8.92. The van der Waals surface area contributed by atoms with Crippen molar-refractivity contribution in [3.63, 3.8) is 0 Å². The highest BCUT2D eigenvalue weighted by molar-refractivity contribution is 7.80. The molecule has 0 aliphatic rings. The number of hydrogen-bond acceptors (Lipinski definition) is 5. The number of benzene rings is 2. The predicted octanol–water partition coefficient (Wildman–Crippen LogP) is 4.77. The standard InChI is InChI=1S/C20H21N3O2S2/c1-3-4-7-13-10-11-15-17(12-13)27-20(21-15)23-19(26)22-18(24)14-8-5-6-9-16(14)25-2/h5-6,8-12H,3-4,7H2,1-2H3,(H2,21,22,23,24,26). The first-order valence-electron chi connectivity index (χ1n) is 8.75. The maximum Gasteiger partial charge on any atom is 0.261 e. The molecule has 1 aromatic heterocycles. The molecule has 0 unspecified atom stereocenters. The minimum absolute atomic E-state index is 0.205. The number of fused-ring (bicyclic) bond motifs is 1. The molecular formula is C20H21N3O2S2. The van der Waals surface area contributed by atoms with E-state index in [4.69, 9.17) is 17.0 Å². The van der Waals surface area contributed by atoms with Gasteiger partial charge in [0, 0.05) is 0 Å². The van der Waals surface area contributed by atoms with Crippen molar-refractivity contribution >= 4 is 49.9 Å². The first kappa shape index (κ1) is 19.3. The summed E-state index contributed by atoms with van der Waals surface area (Å²) >= 11 is 6.78. The first-order chi connectivity index (χ1) is 13.1. The van der Waals surface area contributed by atoms with E-state index in [1.54, 1.807) is 18.2 Å². The van der Waals surface area contributed by atoms with Gasteiger partial charge in [-0.3, -0.25) is 10.1 Å². The molecule has 2 aromatic carbocycles. The van der Waals surface area contributed by atoms with Gasteiger partial charge in [-0.15, -0.1) is 0 Å². The normalized spacial score (nSPS) is 10.6. The number of carbonyl (C=O) groups is 1. The Balaban J connectivity index is 1.67. The van der Waals surface area contributed by atoms with E-state index < -0.39 is 0 Å². The Morgan fingerprint density at radius 2 is 2.07 bits per heavy atom. The van der Waals surface area contributed by atoms with Crippen LogP contribution in [0.1, 0.15) is 35.7 Å². The summed E-state index contributed by atoms with van der Waals surface area (Å²) in [4.78, 5) is 16.9. The van der Waals surface area contributed by atoms with Gasteiger partial charge >= 0.3 is 0 Å². The summed E-state index contributed by atoms with van der Waals surface area (Å²) in [6, 6.07) is 13.3. The average Bonchev–Trinajstić information content (AvgIpc) is 3.07. The zero-order valence-corrected chi connectivity index (χ0v) is 16.9. The van der Waals surface area contributed by atoms with E-state index >= 15 is 0 Å². The van der Waals surface area contributed by atoms with E-state index in [0.29, 0.717) is 16.4 Å². The Kier molecular flexibility index (Phi) is 6.36. The number of amides is 1. The maximum absolute atomic E-state index is 12.4. The molecule has 0 aliphatic heterocycles. The van der Waals surface area contributed by atoms with Gasteiger partial charge in [-0.05, 0) is 54.9 Å². The zero-order chi connectivity index (χ0) is 19.2. The first-order valence-corrected chi connectivity index (χ1v) is 9.98. The van der Waals surface area contributed by atoms with Crippen LogP contribution in [0.2, 0.25) is 0 Å². The molecule has 0 aliphatic carbocycles. The molecule has 0 bridgehead atoms. The van der Waals surface area contributed by atoms with E-state index in [2.05, 4.69) is 34.7 Å². The minimum Gasteiger partial charge on any atom is -0.496 e. The lowest BCUT2D eigenvalue weighted by atomic mass is 10.1. The van der Waals surface area contributed by atoms with Crippen LogP contribution in [0.4, 0.5) is 5.13 Å². The fraction of sp³-hybridized carbons (Fsp3) is 0.250. The lowest BCUT2D eigenvalue weighted by Gasteiger charge is -2.09. The number of aryl methyl sites for hydroxylation is 1. The second-order valence-corrected chi connectivity index (χ2v) is 7.47. The largest absolute Gasteiger partial charge is 0.496 e. The van der Waals surface area contributed by atoms with Crippen LogP contribution < -0.4 is 15.4 Å². The van der Waals surface area contributed by atoms with Crippen LogP contribution in [0, 0.1) is 0 Å². The summed E-state index contributed by atoms with van der Waals surface area (Å²) in [6.45, 7) is 2.19. The third kappa shape index (κ3) is 4.81. The van der Waals surface area contributed by atoms with Crippen molar-refractivity contribution in [2.45, 2.75) is 26.2 Å². The van der Waals surface area contributed by atoms with Gasteiger partial charge < -0.3 is 10.1 Å². The van der Waals surface area contributed by atoms with Gasteiger partial charge in [0.1, 0.15) is 5.75 Å². The number of thiazole rings is 1. The number of nitrogens with zero attached hydrogens (tertiary/aromatic N) is 1. The second-order valence-electron chi connectivity index (χ2n) is 6.03. The molecule has 7 heteroatoms. The van der Waals surface area contributed by atoms with Crippen molar-refractivity contribution in [3.05, 3.63) is 53.6 Å². The number of ether oxygens (including phenoxy) is 1. The molecular weight excluding hydrogens is 378 g/mol. The van der Waals surface area contributed by atoms with Gasteiger partial charge in [-0.2, -0.15) is 0 Å². The number of thiocarbonyl (C=S) groups is 1. The Morgan fingerprint density at radius 1 is 1.26 bits per heavy atom. The molecule has 1 amide bonds. The molecule has 0 saturated heterocycles. The van der Waals surface area contributed by atoms with Crippen molar-refractivity contribution in [2.75, 3.05) is 12.4 Å². The third-order valence-corrected chi connectivity index (χ3v) is 5.21. The van der Waals surface area contributed by atoms with Gasteiger partial charge in [0.2, 0.25) is 0 Å². The number of anilines is 1. The van der Waals surface area contributed by atoms with Crippen molar-refractivity contribution in [2.24, 2.45) is 0 Å². The number of para-hydroxylation sites is 1. The number of rotatable bonds is 6. The summed E-state index contributed by atoms with van der Waals surface area (Å²) in [7, 11) is 1.53. The number of hydrogen-bond donors (Lipinski definition) is 2. The number of aromatic nitrogens is 1. The van der Waals surface area contributed by atoms with Crippen LogP contribution >= 0.6 is 23.6 Å². The van der Waals surface area contributed by atoms with Crippen molar-refractivity contribution in [3.8, 4) is 5.75 Å². The molecule has 140 valence electrons. The Morgan fingerprint density at radius 3 is 2.85 bits per heavy atom. The monoisotopic (exact) mass is 399 g/mol. The number of carbonyl (C=O) groups excluding carboxylic acids is 1. The molecule has 0 fully saturated rings. The fourth-order valence-electron chi connectivity index (χ4n) is 2.69. The summed E-state index contributed by atoms with van der Waals surface area (Å²) in [6.07, 6.45) is 3.42. The van der Waals surface area contributed by atoms with Crippen LogP contribution in [0.3, 0.4) is 0 Å². The number of methoxy groups -OCH3 is 1. The topological polar surface area (TPSA) is 63.2 Å². The summed E-state index contributed by atoms with van der Waals surface area (Å²) in [5.41, 5.74) is 2.65. The highest BCUT2D eigenvalue weighted by Crippen LogP contribution is 2.27. The molecule has 0 atom stereocenters. The third-order valence-electron chi connectivity index (χ3n) is 4.07. The average molecular weight is 400 g/mol. The zero-order valence-electron chi connectivity index (χ0n) is 15.2. The molecule has 1 heterocycles. The molecule has 27 heavy (non-hydrogen) atoms. The molecule has 5 nitrogen and oxygen atoms in total. The van der Waals surface area contributed by atoms with Crippen molar-refractivity contribution in [1.82, 2.24) is 10.3 Å².